The van der Waals surface area contributed by atoms with E-state index in [0.29, 0.717) is 37.2 Å². The first-order valence-electron chi connectivity index (χ1n) is 10.6. The molecule has 0 bridgehead atoms. The molecule has 2 fully saturated rings. The van der Waals surface area contributed by atoms with Gasteiger partial charge in [-0.15, -0.1) is 11.3 Å². The Hall–Kier alpha value is -2.40. The Balaban J connectivity index is 1.43. The van der Waals surface area contributed by atoms with Crippen LogP contribution in [0.4, 0.5) is 5.82 Å². The number of hydrogen-bond acceptors (Lipinski definition) is 10. The van der Waals surface area contributed by atoms with Crippen LogP contribution in [0.1, 0.15) is 4.88 Å². The number of ether oxygens (including phenoxy) is 3. The number of aryl methyl sites for hydroxylation is 1. The van der Waals surface area contributed by atoms with E-state index in [0.717, 1.165) is 62.1 Å². The summed E-state index contributed by atoms with van der Waals surface area (Å²) in [6, 6.07) is 4.50. The summed E-state index contributed by atoms with van der Waals surface area (Å²) in [5.74, 6) is 1.48. The third-order valence-corrected chi connectivity index (χ3v) is 6.41. The summed E-state index contributed by atoms with van der Waals surface area (Å²) in [6.07, 6.45) is 1.77. The van der Waals surface area contributed by atoms with Gasteiger partial charge in [0.1, 0.15) is 17.6 Å². The first kappa shape index (κ1) is 20.5. The van der Waals surface area contributed by atoms with Gasteiger partial charge in [-0.2, -0.15) is 9.97 Å². The Morgan fingerprint density at radius 1 is 1.00 bits per heavy atom. The minimum Gasteiger partial charge on any atom is -0.462 e. The summed E-state index contributed by atoms with van der Waals surface area (Å²) in [7, 11) is 0. The number of morpholine rings is 2. The molecule has 0 radical (unpaired) electrons. The quantitative estimate of drug-likeness (QED) is 0.569. The van der Waals surface area contributed by atoms with Crippen LogP contribution < -0.4 is 9.64 Å². The molecule has 3 aromatic heterocycles. The van der Waals surface area contributed by atoms with Gasteiger partial charge < -0.3 is 19.1 Å². The standard InChI is InChI=1S/C21H26N6O3S/c1-15-2-3-17(31-15)19-22-14-16-18(24-19)20(27-7-11-29-12-8-27)25-21(23-16)30-13-6-26-4-9-28-10-5-26/h2-3,14H,4-13H2,1H3. The van der Waals surface area contributed by atoms with E-state index in [1.54, 1.807) is 17.5 Å². The number of fused-ring (bicyclic) bond motifs is 1. The van der Waals surface area contributed by atoms with Crippen molar-refractivity contribution in [3.63, 3.8) is 0 Å². The van der Waals surface area contributed by atoms with Crippen molar-refractivity contribution >= 4 is 28.2 Å². The van der Waals surface area contributed by atoms with Crippen molar-refractivity contribution in [3.05, 3.63) is 23.2 Å². The lowest BCUT2D eigenvalue weighted by atomic mass is 10.3. The van der Waals surface area contributed by atoms with Crippen LogP contribution in [-0.2, 0) is 9.47 Å². The van der Waals surface area contributed by atoms with Crippen LogP contribution in [0.25, 0.3) is 21.7 Å². The molecular weight excluding hydrogens is 416 g/mol. The van der Waals surface area contributed by atoms with Gasteiger partial charge in [-0.05, 0) is 19.1 Å². The predicted octanol–water partition coefficient (Wildman–Crippen LogP) is 2.00. The van der Waals surface area contributed by atoms with Gasteiger partial charge in [0.15, 0.2) is 11.6 Å². The number of thiophene rings is 1. The van der Waals surface area contributed by atoms with Crippen LogP contribution in [0.3, 0.4) is 0 Å². The summed E-state index contributed by atoms with van der Waals surface area (Å²) >= 11 is 1.68. The highest BCUT2D eigenvalue weighted by Crippen LogP contribution is 2.29. The Morgan fingerprint density at radius 3 is 2.52 bits per heavy atom. The van der Waals surface area contributed by atoms with Crippen molar-refractivity contribution in [3.8, 4) is 16.7 Å². The maximum atomic E-state index is 5.95. The van der Waals surface area contributed by atoms with Gasteiger partial charge in [-0.25, -0.2) is 9.97 Å². The van der Waals surface area contributed by atoms with E-state index >= 15 is 0 Å². The van der Waals surface area contributed by atoms with E-state index in [1.165, 1.54) is 4.88 Å². The maximum Gasteiger partial charge on any atom is 0.319 e. The molecule has 0 aromatic carbocycles. The summed E-state index contributed by atoms with van der Waals surface area (Å²) < 4.78 is 16.9. The normalized spacial score (nSPS) is 17.9. The molecule has 9 nitrogen and oxygen atoms in total. The van der Waals surface area contributed by atoms with Crippen LogP contribution in [0, 0.1) is 6.92 Å². The fraction of sp³-hybridized carbons (Fsp3) is 0.524. The molecule has 10 heteroatoms. The largest absolute Gasteiger partial charge is 0.462 e. The summed E-state index contributed by atoms with van der Waals surface area (Å²) in [5.41, 5.74) is 1.44. The van der Waals surface area contributed by atoms with Gasteiger partial charge in [0.05, 0.1) is 37.5 Å². The molecule has 0 aliphatic carbocycles. The molecule has 2 aliphatic rings. The van der Waals surface area contributed by atoms with Crippen LogP contribution in [0.15, 0.2) is 18.3 Å². The number of aromatic nitrogens is 4. The van der Waals surface area contributed by atoms with Gasteiger partial charge in [0.2, 0.25) is 0 Å². The highest BCUT2D eigenvalue weighted by Gasteiger charge is 2.20. The SMILES string of the molecule is Cc1ccc(-c2ncc3nc(OCCN4CCOCC4)nc(N4CCOCC4)c3n2)s1. The molecule has 2 aliphatic heterocycles. The number of hydrogen-bond donors (Lipinski definition) is 0. The van der Waals surface area contributed by atoms with Crippen molar-refractivity contribution in [2.45, 2.75) is 6.92 Å². The van der Waals surface area contributed by atoms with Gasteiger partial charge in [-0.1, -0.05) is 0 Å². The van der Waals surface area contributed by atoms with E-state index in [2.05, 4.69) is 38.8 Å². The van der Waals surface area contributed by atoms with Gasteiger partial charge >= 0.3 is 6.01 Å². The average Bonchev–Trinajstić information content (AvgIpc) is 3.26. The Morgan fingerprint density at radius 2 is 1.77 bits per heavy atom. The number of rotatable bonds is 6. The van der Waals surface area contributed by atoms with Crippen molar-refractivity contribution in [1.82, 2.24) is 24.8 Å². The first-order chi connectivity index (χ1) is 15.3. The zero-order valence-electron chi connectivity index (χ0n) is 17.6. The monoisotopic (exact) mass is 442 g/mol. The molecular formula is C21H26N6O3S. The summed E-state index contributed by atoms with van der Waals surface area (Å²) in [5, 5.41) is 0. The van der Waals surface area contributed by atoms with Gasteiger partial charge in [0.25, 0.3) is 0 Å². The number of nitrogens with zero attached hydrogens (tertiary/aromatic N) is 6. The molecule has 5 rings (SSSR count). The third kappa shape index (κ3) is 4.77. The zero-order chi connectivity index (χ0) is 21.0. The molecule has 0 spiro atoms. The second-order valence-corrected chi connectivity index (χ2v) is 8.86. The molecule has 0 atom stereocenters. The fourth-order valence-electron chi connectivity index (χ4n) is 3.72. The Kier molecular flexibility index (Phi) is 6.21. The maximum absolute atomic E-state index is 5.95. The molecule has 0 unspecified atom stereocenters. The summed E-state index contributed by atoms with van der Waals surface area (Å²) in [4.78, 5) is 25.5. The zero-order valence-corrected chi connectivity index (χ0v) is 18.4. The topological polar surface area (TPSA) is 85.7 Å². The first-order valence-corrected chi connectivity index (χ1v) is 11.4. The molecule has 31 heavy (non-hydrogen) atoms. The minimum absolute atomic E-state index is 0.366. The molecule has 3 aromatic rings. The van der Waals surface area contributed by atoms with Crippen LogP contribution in [0.2, 0.25) is 0 Å². The molecule has 0 N–H and O–H groups in total. The molecule has 0 saturated carbocycles. The van der Waals surface area contributed by atoms with Crippen molar-refractivity contribution < 1.29 is 14.2 Å². The van der Waals surface area contributed by atoms with Gasteiger partial charge in [-0.3, -0.25) is 4.90 Å². The molecule has 164 valence electrons. The van der Waals surface area contributed by atoms with Crippen molar-refractivity contribution in [2.75, 3.05) is 70.7 Å². The lowest BCUT2D eigenvalue weighted by molar-refractivity contribution is 0.0317. The Bertz CT molecular complexity index is 1030. The second kappa shape index (κ2) is 9.39. The summed E-state index contributed by atoms with van der Waals surface area (Å²) in [6.45, 7) is 9.70. The van der Waals surface area contributed by atoms with Crippen molar-refractivity contribution in [2.24, 2.45) is 0 Å². The van der Waals surface area contributed by atoms with Gasteiger partial charge in [0, 0.05) is 37.6 Å². The van der Waals surface area contributed by atoms with E-state index in [9.17, 15) is 0 Å². The minimum atomic E-state index is 0.366. The lowest BCUT2D eigenvalue weighted by Crippen LogP contribution is -2.39. The highest BCUT2D eigenvalue weighted by atomic mass is 32.1. The molecule has 2 saturated heterocycles. The van der Waals surface area contributed by atoms with Crippen LogP contribution in [-0.4, -0.2) is 90.6 Å². The van der Waals surface area contributed by atoms with E-state index in [1.807, 2.05) is 0 Å². The Labute approximate surface area is 185 Å². The van der Waals surface area contributed by atoms with Crippen LogP contribution >= 0.6 is 11.3 Å². The third-order valence-electron chi connectivity index (χ3n) is 5.41. The van der Waals surface area contributed by atoms with E-state index in [-0.39, 0.29) is 0 Å². The van der Waals surface area contributed by atoms with Crippen molar-refractivity contribution in [1.29, 1.82) is 0 Å². The van der Waals surface area contributed by atoms with E-state index in [4.69, 9.17) is 24.2 Å². The second-order valence-electron chi connectivity index (χ2n) is 7.57. The highest BCUT2D eigenvalue weighted by molar-refractivity contribution is 7.15. The number of anilines is 1. The molecule has 5 heterocycles. The predicted molar refractivity (Wildman–Crippen MR) is 119 cm³/mol. The average molecular weight is 443 g/mol. The lowest BCUT2D eigenvalue weighted by Gasteiger charge is -2.28. The smallest absolute Gasteiger partial charge is 0.319 e. The van der Waals surface area contributed by atoms with E-state index < -0.39 is 0 Å². The fourth-order valence-corrected chi connectivity index (χ4v) is 4.53. The molecule has 0 amide bonds. The van der Waals surface area contributed by atoms with Crippen LogP contribution in [0.5, 0.6) is 6.01 Å².